The molecular weight excluding hydrogens is 272 g/mol. The minimum Gasteiger partial charge on any atom is -0.399 e. The van der Waals surface area contributed by atoms with Gasteiger partial charge in [0, 0.05) is 10.5 Å². The van der Waals surface area contributed by atoms with Gasteiger partial charge in [0.05, 0.1) is 23.2 Å². The Kier molecular flexibility index (Phi) is 3.90. The van der Waals surface area contributed by atoms with Gasteiger partial charge in [-0.15, -0.1) is 0 Å². The number of nitrogens with zero attached hydrogens (tertiary/aromatic N) is 1. The third-order valence-electron chi connectivity index (χ3n) is 4.23. The number of hydrogen-bond donors (Lipinski definition) is 0. The third-order valence-corrected chi connectivity index (χ3v) is 4.55. The summed E-state index contributed by atoms with van der Waals surface area (Å²) in [4.78, 5) is 0. The summed E-state index contributed by atoms with van der Waals surface area (Å²) >= 11 is 6.33. The fourth-order valence-corrected chi connectivity index (χ4v) is 2.33. The lowest BCUT2D eigenvalue weighted by Gasteiger charge is -2.32. The molecule has 1 unspecified atom stereocenters. The van der Waals surface area contributed by atoms with Crippen LogP contribution in [0.25, 0.3) is 0 Å². The molecular formula is C15H19BClNO2. The van der Waals surface area contributed by atoms with Gasteiger partial charge in [-0.25, -0.2) is 0 Å². The lowest BCUT2D eigenvalue weighted by Crippen LogP contribution is -2.41. The van der Waals surface area contributed by atoms with Gasteiger partial charge in [0.15, 0.2) is 0 Å². The second-order valence-corrected chi connectivity index (χ2v) is 6.63. The van der Waals surface area contributed by atoms with Crippen LogP contribution in [0.1, 0.15) is 46.1 Å². The van der Waals surface area contributed by atoms with E-state index in [1.54, 1.807) is 0 Å². The van der Waals surface area contributed by atoms with E-state index in [0.717, 1.165) is 11.0 Å². The second-order valence-electron chi connectivity index (χ2n) is 6.22. The molecule has 0 amide bonds. The van der Waals surface area contributed by atoms with E-state index in [-0.39, 0.29) is 17.1 Å². The predicted molar refractivity (Wildman–Crippen MR) is 81.2 cm³/mol. The quantitative estimate of drug-likeness (QED) is 0.785. The molecule has 0 radical (unpaired) electrons. The number of benzene rings is 1. The zero-order valence-electron chi connectivity index (χ0n) is 12.5. The molecule has 1 heterocycles. The highest BCUT2D eigenvalue weighted by atomic mass is 35.5. The molecule has 1 fully saturated rings. The van der Waals surface area contributed by atoms with Crippen LogP contribution in [0.3, 0.4) is 0 Å². The summed E-state index contributed by atoms with van der Waals surface area (Å²) in [6.07, 6.45) is 0. The Morgan fingerprint density at radius 1 is 1.20 bits per heavy atom. The van der Waals surface area contributed by atoms with Gasteiger partial charge >= 0.3 is 7.12 Å². The van der Waals surface area contributed by atoms with E-state index in [1.807, 2.05) is 52.8 Å². The molecule has 1 saturated heterocycles. The topological polar surface area (TPSA) is 42.2 Å². The van der Waals surface area contributed by atoms with E-state index in [2.05, 4.69) is 6.07 Å². The molecule has 0 bridgehead atoms. The number of rotatable bonds is 2. The number of nitriles is 1. The highest BCUT2D eigenvalue weighted by Gasteiger charge is 2.52. The molecule has 0 spiro atoms. The molecule has 0 aromatic heterocycles. The van der Waals surface area contributed by atoms with Crippen LogP contribution in [0.2, 0.25) is 5.02 Å². The average molecular weight is 292 g/mol. The minimum atomic E-state index is -0.473. The molecule has 1 aliphatic heterocycles. The number of halogens is 1. The fraction of sp³-hybridized carbons (Fsp3) is 0.533. The Balaban J connectivity index is 2.30. The van der Waals surface area contributed by atoms with Gasteiger partial charge < -0.3 is 9.31 Å². The molecule has 20 heavy (non-hydrogen) atoms. The Hall–Kier alpha value is -1.02. The smallest absolute Gasteiger partial charge is 0.399 e. The van der Waals surface area contributed by atoms with Gasteiger partial charge in [-0.2, -0.15) is 5.26 Å². The van der Waals surface area contributed by atoms with Gasteiger partial charge in [0.1, 0.15) is 0 Å². The largest absolute Gasteiger partial charge is 0.496 e. The van der Waals surface area contributed by atoms with E-state index in [4.69, 9.17) is 26.2 Å². The third kappa shape index (κ3) is 2.58. The van der Waals surface area contributed by atoms with E-state index >= 15 is 0 Å². The summed E-state index contributed by atoms with van der Waals surface area (Å²) < 4.78 is 12.0. The normalized spacial score (nSPS) is 21.6. The van der Waals surface area contributed by atoms with Crippen LogP contribution in [0.15, 0.2) is 18.2 Å². The average Bonchev–Trinajstić information content (AvgIpc) is 2.57. The van der Waals surface area contributed by atoms with E-state index in [0.29, 0.717) is 5.02 Å². The van der Waals surface area contributed by atoms with Crippen LogP contribution in [0, 0.1) is 11.3 Å². The van der Waals surface area contributed by atoms with Gasteiger partial charge in [-0.3, -0.25) is 0 Å². The van der Waals surface area contributed by atoms with Gasteiger partial charge in [0.25, 0.3) is 0 Å². The summed E-state index contributed by atoms with van der Waals surface area (Å²) in [5.41, 5.74) is 0.927. The number of hydrogen-bond acceptors (Lipinski definition) is 3. The Morgan fingerprint density at radius 2 is 1.75 bits per heavy atom. The molecule has 106 valence electrons. The van der Waals surface area contributed by atoms with Crippen molar-refractivity contribution in [2.75, 3.05) is 0 Å². The van der Waals surface area contributed by atoms with Crippen LogP contribution in [-0.4, -0.2) is 18.3 Å². The van der Waals surface area contributed by atoms with Crippen LogP contribution < -0.4 is 5.46 Å². The van der Waals surface area contributed by atoms with Crippen LogP contribution >= 0.6 is 11.6 Å². The molecule has 1 aliphatic rings. The first-order valence-corrected chi connectivity index (χ1v) is 7.10. The molecule has 1 atom stereocenters. The summed E-state index contributed by atoms with van der Waals surface area (Å²) in [6, 6.07) is 7.80. The first-order valence-electron chi connectivity index (χ1n) is 6.72. The Labute approximate surface area is 126 Å². The van der Waals surface area contributed by atoms with Crippen molar-refractivity contribution in [2.24, 2.45) is 0 Å². The minimum absolute atomic E-state index is 0.181. The van der Waals surface area contributed by atoms with Crippen LogP contribution in [-0.2, 0) is 9.31 Å². The van der Waals surface area contributed by atoms with Crippen LogP contribution in [0.5, 0.6) is 0 Å². The molecule has 0 saturated carbocycles. The Morgan fingerprint density at radius 3 is 2.20 bits per heavy atom. The van der Waals surface area contributed by atoms with Gasteiger partial charge in [-0.05, 0) is 46.2 Å². The first-order chi connectivity index (χ1) is 9.18. The second kappa shape index (κ2) is 5.07. The fourth-order valence-electron chi connectivity index (χ4n) is 2.05. The van der Waals surface area contributed by atoms with Crippen molar-refractivity contribution in [3.63, 3.8) is 0 Å². The van der Waals surface area contributed by atoms with Crippen molar-refractivity contribution < 1.29 is 9.31 Å². The zero-order valence-corrected chi connectivity index (χ0v) is 13.3. The Bertz CT molecular complexity index is 549. The summed E-state index contributed by atoms with van der Waals surface area (Å²) in [5.74, 6) is -0.181. The van der Waals surface area contributed by atoms with E-state index in [9.17, 15) is 0 Å². The highest BCUT2D eigenvalue weighted by Crippen LogP contribution is 2.37. The van der Waals surface area contributed by atoms with Crippen molar-refractivity contribution >= 4 is 24.2 Å². The molecule has 5 heteroatoms. The maximum atomic E-state index is 8.95. The maximum Gasteiger partial charge on any atom is 0.496 e. The molecule has 1 aromatic rings. The van der Waals surface area contributed by atoms with E-state index < -0.39 is 7.12 Å². The monoisotopic (exact) mass is 291 g/mol. The van der Waals surface area contributed by atoms with Gasteiger partial charge in [-0.1, -0.05) is 23.7 Å². The van der Waals surface area contributed by atoms with Crippen LogP contribution in [0.4, 0.5) is 0 Å². The van der Waals surface area contributed by atoms with Crippen molar-refractivity contribution in [1.29, 1.82) is 5.26 Å². The molecule has 3 nitrogen and oxygen atoms in total. The lowest BCUT2D eigenvalue weighted by molar-refractivity contribution is 0.00578. The summed E-state index contributed by atoms with van der Waals surface area (Å²) in [6.45, 7) is 9.88. The van der Waals surface area contributed by atoms with E-state index in [1.165, 1.54) is 0 Å². The molecule has 2 rings (SSSR count). The molecule has 0 aliphatic carbocycles. The molecule has 1 aromatic carbocycles. The summed E-state index contributed by atoms with van der Waals surface area (Å²) in [7, 11) is -0.473. The zero-order chi connectivity index (χ0) is 15.1. The SMILES string of the molecule is CC(C#N)c1ccc(B2OC(C)(C)C(C)(C)O2)c(Cl)c1. The lowest BCUT2D eigenvalue weighted by atomic mass is 9.78. The van der Waals surface area contributed by atoms with Gasteiger partial charge in [0.2, 0.25) is 0 Å². The molecule has 0 N–H and O–H groups in total. The summed E-state index contributed by atoms with van der Waals surface area (Å²) in [5, 5.41) is 9.53. The van der Waals surface area contributed by atoms with Crippen molar-refractivity contribution in [2.45, 2.75) is 51.7 Å². The van der Waals surface area contributed by atoms with Crippen molar-refractivity contribution in [3.05, 3.63) is 28.8 Å². The van der Waals surface area contributed by atoms with Crippen molar-refractivity contribution in [1.82, 2.24) is 0 Å². The van der Waals surface area contributed by atoms with Crippen molar-refractivity contribution in [3.8, 4) is 6.07 Å². The predicted octanol–water partition coefficient (Wildman–Crippen LogP) is 3.27. The highest BCUT2D eigenvalue weighted by molar-refractivity contribution is 6.65. The standard InChI is InChI=1S/C15H19BClNO2/c1-10(9-18)11-6-7-12(13(17)8-11)16-19-14(2,3)15(4,5)20-16/h6-8,10H,1-5H3. The maximum absolute atomic E-state index is 8.95. The first kappa shape index (κ1) is 15.4.